The van der Waals surface area contributed by atoms with Crippen molar-refractivity contribution in [3.63, 3.8) is 0 Å². The molecule has 0 bridgehead atoms. The Hall–Kier alpha value is -1.79. The summed E-state index contributed by atoms with van der Waals surface area (Å²) in [5.74, 6) is -0.357. The Labute approximate surface area is 181 Å². The molecule has 1 amide bonds. The van der Waals surface area contributed by atoms with Crippen molar-refractivity contribution < 1.29 is 21.6 Å². The van der Waals surface area contributed by atoms with Crippen LogP contribution in [0.15, 0.2) is 46.7 Å². The van der Waals surface area contributed by atoms with E-state index in [0.29, 0.717) is 37.9 Å². The largest absolute Gasteiger partial charge is 0.348 e. The molecule has 2 aromatic rings. The van der Waals surface area contributed by atoms with Gasteiger partial charge in [-0.3, -0.25) is 4.79 Å². The van der Waals surface area contributed by atoms with Crippen LogP contribution >= 0.6 is 11.3 Å². The predicted octanol–water partition coefficient (Wildman–Crippen LogP) is 1.42. The minimum Gasteiger partial charge on any atom is -0.348 e. The van der Waals surface area contributed by atoms with Gasteiger partial charge in [-0.2, -0.15) is 0 Å². The highest BCUT2D eigenvalue weighted by atomic mass is 32.2. The highest BCUT2D eigenvalue weighted by Crippen LogP contribution is 2.15. The van der Waals surface area contributed by atoms with Crippen molar-refractivity contribution in [1.82, 2.24) is 14.3 Å². The van der Waals surface area contributed by atoms with Crippen LogP contribution in [0.25, 0.3) is 0 Å². The van der Waals surface area contributed by atoms with Gasteiger partial charge in [0.25, 0.3) is 5.91 Å². The molecular formula is C19H25N3O5S3. The molecule has 2 N–H and O–H groups in total. The van der Waals surface area contributed by atoms with Crippen LogP contribution in [-0.4, -0.2) is 59.0 Å². The zero-order valence-corrected chi connectivity index (χ0v) is 19.0. The maximum atomic E-state index is 12.5. The van der Waals surface area contributed by atoms with Crippen molar-refractivity contribution in [2.45, 2.75) is 30.2 Å². The molecule has 0 radical (unpaired) electrons. The Morgan fingerprint density at radius 2 is 1.90 bits per heavy atom. The molecule has 3 rings (SSSR count). The van der Waals surface area contributed by atoms with Crippen LogP contribution in [0.2, 0.25) is 0 Å². The van der Waals surface area contributed by atoms with E-state index in [9.17, 15) is 21.6 Å². The third kappa shape index (κ3) is 6.11. The average Bonchev–Trinajstić information content (AvgIpc) is 3.21. The SMILES string of the molecule is CS(=O)(=O)N1CCCC(NC(=O)c2ccc(S(=O)(=O)NCCc3cccs3)cc2)C1. The van der Waals surface area contributed by atoms with Crippen molar-refractivity contribution in [3.8, 4) is 0 Å². The van der Waals surface area contributed by atoms with E-state index in [1.165, 1.54) is 28.6 Å². The van der Waals surface area contributed by atoms with E-state index in [1.807, 2.05) is 17.5 Å². The van der Waals surface area contributed by atoms with Crippen LogP contribution in [0, 0.1) is 0 Å². The summed E-state index contributed by atoms with van der Waals surface area (Å²) in [5, 5.41) is 4.78. The first-order valence-corrected chi connectivity index (χ1v) is 13.7. The average molecular weight is 472 g/mol. The van der Waals surface area contributed by atoms with E-state index < -0.39 is 20.0 Å². The maximum Gasteiger partial charge on any atom is 0.251 e. The fourth-order valence-corrected chi connectivity index (χ4v) is 5.91. The Kier molecular flexibility index (Phi) is 7.30. The number of nitrogens with one attached hydrogen (secondary N) is 2. The van der Waals surface area contributed by atoms with Crippen LogP contribution in [-0.2, 0) is 26.5 Å². The molecule has 0 spiro atoms. The van der Waals surface area contributed by atoms with Crippen molar-refractivity contribution in [2.24, 2.45) is 0 Å². The van der Waals surface area contributed by atoms with E-state index in [0.717, 1.165) is 11.1 Å². The van der Waals surface area contributed by atoms with Gasteiger partial charge in [0, 0.05) is 36.1 Å². The second-order valence-electron chi connectivity index (χ2n) is 7.19. The highest BCUT2D eigenvalue weighted by molar-refractivity contribution is 7.89. The lowest BCUT2D eigenvalue weighted by Gasteiger charge is -2.31. The van der Waals surface area contributed by atoms with Gasteiger partial charge in [-0.25, -0.2) is 25.9 Å². The van der Waals surface area contributed by atoms with E-state index in [-0.39, 0.29) is 23.4 Å². The van der Waals surface area contributed by atoms with Crippen molar-refractivity contribution in [3.05, 3.63) is 52.2 Å². The van der Waals surface area contributed by atoms with Gasteiger partial charge in [-0.05, 0) is 55.0 Å². The molecular weight excluding hydrogens is 446 g/mol. The molecule has 0 aliphatic carbocycles. The number of amides is 1. The van der Waals surface area contributed by atoms with Gasteiger partial charge in [0.15, 0.2) is 0 Å². The van der Waals surface area contributed by atoms with Gasteiger partial charge >= 0.3 is 0 Å². The van der Waals surface area contributed by atoms with Crippen LogP contribution in [0.4, 0.5) is 0 Å². The summed E-state index contributed by atoms with van der Waals surface area (Å²) in [6.45, 7) is 0.992. The predicted molar refractivity (Wildman–Crippen MR) is 117 cm³/mol. The molecule has 8 nitrogen and oxygen atoms in total. The number of piperidine rings is 1. The number of thiophene rings is 1. The van der Waals surface area contributed by atoms with Gasteiger partial charge in [0.05, 0.1) is 11.2 Å². The molecule has 1 unspecified atom stereocenters. The highest BCUT2D eigenvalue weighted by Gasteiger charge is 2.27. The number of nitrogens with zero attached hydrogens (tertiary/aromatic N) is 1. The standard InChI is InChI=1S/C19H25N3O5S3/c1-29(24,25)22-12-2-4-16(14-22)21-19(23)15-6-8-18(9-7-15)30(26,27)20-11-10-17-5-3-13-28-17/h3,5-9,13,16,20H,2,4,10-12,14H2,1H3,(H,21,23). The first-order valence-electron chi connectivity index (χ1n) is 9.53. The first-order chi connectivity index (χ1) is 14.1. The Morgan fingerprint density at radius 1 is 1.17 bits per heavy atom. The monoisotopic (exact) mass is 471 g/mol. The van der Waals surface area contributed by atoms with Gasteiger partial charge in [-0.15, -0.1) is 11.3 Å². The van der Waals surface area contributed by atoms with E-state index >= 15 is 0 Å². The molecule has 0 saturated carbocycles. The van der Waals surface area contributed by atoms with Crippen molar-refractivity contribution >= 4 is 37.3 Å². The Balaban J connectivity index is 1.57. The van der Waals surface area contributed by atoms with Gasteiger partial charge in [0.1, 0.15) is 0 Å². The molecule has 1 saturated heterocycles. The van der Waals surface area contributed by atoms with Crippen LogP contribution < -0.4 is 10.0 Å². The number of sulfonamides is 2. The van der Waals surface area contributed by atoms with Crippen LogP contribution in [0.5, 0.6) is 0 Å². The molecule has 1 fully saturated rings. The molecule has 1 aromatic carbocycles. The lowest BCUT2D eigenvalue weighted by Crippen LogP contribution is -2.49. The maximum absolute atomic E-state index is 12.5. The van der Waals surface area contributed by atoms with Gasteiger partial charge < -0.3 is 5.32 Å². The van der Waals surface area contributed by atoms with Gasteiger partial charge in [-0.1, -0.05) is 6.07 Å². The molecule has 2 heterocycles. The minimum absolute atomic E-state index is 0.0890. The lowest BCUT2D eigenvalue weighted by atomic mass is 10.1. The summed E-state index contributed by atoms with van der Waals surface area (Å²) in [7, 11) is -6.95. The van der Waals surface area contributed by atoms with Crippen LogP contribution in [0.1, 0.15) is 28.1 Å². The summed E-state index contributed by atoms with van der Waals surface area (Å²) in [5.41, 5.74) is 0.323. The lowest BCUT2D eigenvalue weighted by molar-refractivity contribution is 0.0921. The summed E-state index contributed by atoms with van der Waals surface area (Å²) < 4.78 is 52.2. The summed E-state index contributed by atoms with van der Waals surface area (Å²) in [6, 6.07) is 9.31. The van der Waals surface area contributed by atoms with E-state index in [4.69, 9.17) is 0 Å². The van der Waals surface area contributed by atoms with Gasteiger partial charge in [0.2, 0.25) is 20.0 Å². The van der Waals surface area contributed by atoms with E-state index in [2.05, 4.69) is 10.0 Å². The second kappa shape index (κ2) is 9.56. The zero-order chi connectivity index (χ0) is 21.8. The molecule has 164 valence electrons. The molecule has 1 aliphatic rings. The number of carbonyl (C=O) groups excluding carboxylic acids is 1. The zero-order valence-electron chi connectivity index (χ0n) is 16.6. The Bertz CT molecular complexity index is 1070. The van der Waals surface area contributed by atoms with Crippen molar-refractivity contribution in [1.29, 1.82) is 0 Å². The number of carbonyl (C=O) groups is 1. The molecule has 1 aliphatic heterocycles. The molecule has 1 atom stereocenters. The smallest absolute Gasteiger partial charge is 0.251 e. The number of benzene rings is 1. The molecule has 30 heavy (non-hydrogen) atoms. The van der Waals surface area contributed by atoms with E-state index in [1.54, 1.807) is 11.3 Å². The summed E-state index contributed by atoms with van der Waals surface area (Å²) in [6.07, 6.45) is 3.14. The fourth-order valence-electron chi connectivity index (χ4n) is 3.26. The third-order valence-corrected chi connectivity index (χ3v) is 8.54. The normalized spacial score (nSPS) is 18.2. The second-order valence-corrected chi connectivity index (χ2v) is 12.0. The number of hydrogen-bond acceptors (Lipinski definition) is 6. The number of hydrogen-bond donors (Lipinski definition) is 2. The first kappa shape index (κ1) is 22.9. The fraction of sp³-hybridized carbons (Fsp3) is 0.421. The summed E-state index contributed by atoms with van der Waals surface area (Å²) in [4.78, 5) is 13.7. The third-order valence-electron chi connectivity index (χ3n) is 4.86. The Morgan fingerprint density at radius 3 is 2.53 bits per heavy atom. The minimum atomic E-state index is -3.66. The summed E-state index contributed by atoms with van der Waals surface area (Å²) >= 11 is 1.57. The molecule has 1 aromatic heterocycles. The molecule has 11 heteroatoms. The van der Waals surface area contributed by atoms with Crippen LogP contribution in [0.3, 0.4) is 0 Å². The number of rotatable bonds is 8. The quantitative estimate of drug-likeness (QED) is 0.605. The topological polar surface area (TPSA) is 113 Å². The van der Waals surface area contributed by atoms with Crippen molar-refractivity contribution in [2.75, 3.05) is 25.9 Å².